The third-order valence-corrected chi connectivity index (χ3v) is 5.61. The van der Waals surface area contributed by atoms with E-state index in [0.717, 1.165) is 56.2 Å². The quantitative estimate of drug-likeness (QED) is 0.814. The Hall–Kier alpha value is -2.34. The fourth-order valence-electron chi connectivity index (χ4n) is 4.08. The molecule has 0 spiro atoms. The Labute approximate surface area is 160 Å². The molecule has 6 nitrogen and oxygen atoms in total. The molecule has 4 rings (SSSR count). The number of fused-ring (bicyclic) bond motifs is 1. The van der Waals surface area contributed by atoms with Crippen LogP contribution in [0, 0.1) is 0 Å². The van der Waals surface area contributed by atoms with Gasteiger partial charge in [-0.15, -0.1) is 0 Å². The lowest BCUT2D eigenvalue weighted by Gasteiger charge is -2.22. The largest absolute Gasteiger partial charge is 0.497 e. The molecule has 0 N–H and O–H groups in total. The average molecular weight is 368 g/mol. The monoisotopic (exact) mass is 368 g/mol. The van der Waals surface area contributed by atoms with Crippen molar-refractivity contribution in [3.05, 3.63) is 47.5 Å². The number of methoxy groups -OCH3 is 1. The highest BCUT2D eigenvalue weighted by Crippen LogP contribution is 2.21. The number of aryl methyl sites for hydroxylation is 1. The number of carbonyl (C=O) groups excluding carboxylic acids is 1. The van der Waals surface area contributed by atoms with Crippen molar-refractivity contribution in [2.75, 3.05) is 26.7 Å². The molecule has 0 saturated carbocycles. The van der Waals surface area contributed by atoms with Gasteiger partial charge in [0.1, 0.15) is 5.75 Å². The molecule has 0 aliphatic carbocycles. The van der Waals surface area contributed by atoms with Crippen molar-refractivity contribution in [2.45, 2.75) is 45.3 Å². The minimum Gasteiger partial charge on any atom is -0.497 e. The maximum atomic E-state index is 13.0. The molecule has 0 bridgehead atoms. The van der Waals surface area contributed by atoms with Crippen molar-refractivity contribution in [1.29, 1.82) is 0 Å². The van der Waals surface area contributed by atoms with Crippen LogP contribution in [0.25, 0.3) is 0 Å². The second-order valence-corrected chi connectivity index (χ2v) is 7.51. The van der Waals surface area contributed by atoms with Gasteiger partial charge in [-0.2, -0.15) is 0 Å². The first-order valence-electron chi connectivity index (χ1n) is 9.89. The third kappa shape index (κ3) is 4.16. The molecule has 1 aromatic carbocycles. The Kier molecular flexibility index (Phi) is 5.43. The number of likely N-dealkylation sites (tertiary alicyclic amines) is 1. The number of ether oxygens (including phenoxy) is 1. The number of benzene rings is 1. The molecule has 0 unspecified atom stereocenters. The number of amides is 1. The van der Waals surface area contributed by atoms with Crippen molar-refractivity contribution in [1.82, 2.24) is 19.4 Å². The van der Waals surface area contributed by atoms with E-state index in [9.17, 15) is 4.79 Å². The van der Waals surface area contributed by atoms with Gasteiger partial charge >= 0.3 is 0 Å². The van der Waals surface area contributed by atoms with Crippen molar-refractivity contribution in [3.63, 3.8) is 0 Å². The van der Waals surface area contributed by atoms with Gasteiger partial charge in [0, 0.05) is 19.6 Å². The van der Waals surface area contributed by atoms with E-state index in [4.69, 9.17) is 4.74 Å². The summed E-state index contributed by atoms with van der Waals surface area (Å²) in [4.78, 5) is 22.1. The zero-order chi connectivity index (χ0) is 18.6. The molecule has 27 heavy (non-hydrogen) atoms. The first-order valence-corrected chi connectivity index (χ1v) is 9.89. The van der Waals surface area contributed by atoms with Gasteiger partial charge < -0.3 is 14.2 Å². The maximum Gasteiger partial charge on any atom is 0.227 e. The predicted molar refractivity (Wildman–Crippen MR) is 103 cm³/mol. The van der Waals surface area contributed by atoms with E-state index in [1.54, 1.807) is 7.11 Å². The minimum absolute atomic E-state index is 0.171. The highest BCUT2D eigenvalue weighted by atomic mass is 16.5. The van der Waals surface area contributed by atoms with E-state index < -0.39 is 0 Å². The van der Waals surface area contributed by atoms with Crippen LogP contribution in [0.1, 0.15) is 36.2 Å². The van der Waals surface area contributed by atoms with Crippen LogP contribution in [0.2, 0.25) is 0 Å². The molecule has 144 valence electrons. The summed E-state index contributed by atoms with van der Waals surface area (Å²) in [7, 11) is 1.65. The standard InChI is InChI=1S/C21H28N4O2/c1-27-18-7-4-6-17(12-18)13-21(26)24-10-5-11-25-16-22-19(20(25)15-24)14-23-8-2-3-9-23/h4,6-7,12,16H,2-3,5,8-11,13-15H2,1H3. The lowest BCUT2D eigenvalue weighted by molar-refractivity contribution is -0.131. The van der Waals surface area contributed by atoms with Crippen molar-refractivity contribution in [3.8, 4) is 5.75 Å². The van der Waals surface area contributed by atoms with Gasteiger partial charge in [0.05, 0.1) is 37.8 Å². The summed E-state index contributed by atoms with van der Waals surface area (Å²) in [6.45, 7) is 5.61. The van der Waals surface area contributed by atoms with Gasteiger partial charge in [-0.05, 0) is 50.0 Å². The van der Waals surface area contributed by atoms with Crippen LogP contribution in [0.15, 0.2) is 30.6 Å². The lowest BCUT2D eigenvalue weighted by atomic mass is 10.1. The van der Waals surface area contributed by atoms with Crippen molar-refractivity contribution >= 4 is 5.91 Å². The summed E-state index contributed by atoms with van der Waals surface area (Å²) < 4.78 is 7.52. The topological polar surface area (TPSA) is 50.6 Å². The minimum atomic E-state index is 0.171. The lowest BCUT2D eigenvalue weighted by Crippen LogP contribution is -2.32. The van der Waals surface area contributed by atoms with Gasteiger partial charge in [0.15, 0.2) is 0 Å². The zero-order valence-electron chi connectivity index (χ0n) is 16.1. The number of carbonyl (C=O) groups is 1. The highest BCUT2D eigenvalue weighted by molar-refractivity contribution is 5.79. The van der Waals surface area contributed by atoms with Crippen LogP contribution >= 0.6 is 0 Å². The molecule has 1 saturated heterocycles. The van der Waals surface area contributed by atoms with Crippen LogP contribution < -0.4 is 4.74 Å². The third-order valence-electron chi connectivity index (χ3n) is 5.61. The molecular formula is C21H28N4O2. The summed E-state index contributed by atoms with van der Waals surface area (Å²) >= 11 is 0. The van der Waals surface area contributed by atoms with E-state index in [1.807, 2.05) is 35.5 Å². The fraction of sp³-hybridized carbons (Fsp3) is 0.524. The maximum absolute atomic E-state index is 13.0. The van der Waals surface area contributed by atoms with E-state index in [0.29, 0.717) is 13.0 Å². The second kappa shape index (κ2) is 8.13. The number of nitrogens with zero attached hydrogens (tertiary/aromatic N) is 4. The Morgan fingerprint density at radius 2 is 2.00 bits per heavy atom. The first-order chi connectivity index (χ1) is 13.2. The van der Waals surface area contributed by atoms with Crippen LogP contribution in [0.3, 0.4) is 0 Å². The summed E-state index contributed by atoms with van der Waals surface area (Å²) in [5.41, 5.74) is 3.34. The van der Waals surface area contributed by atoms with Crippen LogP contribution in [-0.2, 0) is 30.8 Å². The summed E-state index contributed by atoms with van der Waals surface area (Å²) in [6.07, 6.45) is 5.89. The summed E-state index contributed by atoms with van der Waals surface area (Å²) in [5, 5.41) is 0. The molecule has 2 aliphatic rings. The molecule has 1 aromatic heterocycles. The number of imidazole rings is 1. The molecule has 1 amide bonds. The van der Waals surface area contributed by atoms with Crippen LogP contribution in [-0.4, -0.2) is 52.0 Å². The molecule has 0 atom stereocenters. The average Bonchev–Trinajstić information content (AvgIpc) is 3.27. The molecular weight excluding hydrogens is 340 g/mol. The zero-order valence-corrected chi connectivity index (χ0v) is 16.1. The molecule has 2 aromatic rings. The molecule has 0 radical (unpaired) electrons. The van der Waals surface area contributed by atoms with Crippen molar-refractivity contribution < 1.29 is 9.53 Å². The van der Waals surface area contributed by atoms with Gasteiger partial charge in [-0.3, -0.25) is 9.69 Å². The van der Waals surface area contributed by atoms with Crippen LogP contribution in [0.5, 0.6) is 5.75 Å². The Balaban J connectivity index is 1.47. The fourth-order valence-corrected chi connectivity index (χ4v) is 4.08. The van der Waals surface area contributed by atoms with Gasteiger partial charge in [-0.25, -0.2) is 4.98 Å². The summed E-state index contributed by atoms with van der Waals surface area (Å²) in [5.74, 6) is 0.965. The highest BCUT2D eigenvalue weighted by Gasteiger charge is 2.24. The summed E-state index contributed by atoms with van der Waals surface area (Å²) in [6, 6.07) is 7.77. The number of rotatable bonds is 5. The van der Waals surface area contributed by atoms with Crippen molar-refractivity contribution in [2.24, 2.45) is 0 Å². The molecule has 1 fully saturated rings. The molecule has 6 heteroatoms. The molecule has 2 aliphatic heterocycles. The van der Waals surface area contributed by atoms with E-state index >= 15 is 0 Å². The Bertz CT molecular complexity index is 795. The smallest absolute Gasteiger partial charge is 0.227 e. The van der Waals surface area contributed by atoms with Gasteiger partial charge in [-0.1, -0.05) is 12.1 Å². The Morgan fingerprint density at radius 3 is 2.81 bits per heavy atom. The Morgan fingerprint density at radius 1 is 1.15 bits per heavy atom. The second-order valence-electron chi connectivity index (χ2n) is 7.51. The van der Waals surface area contributed by atoms with E-state index in [2.05, 4.69) is 14.5 Å². The van der Waals surface area contributed by atoms with Gasteiger partial charge in [0.2, 0.25) is 5.91 Å². The predicted octanol–water partition coefficient (Wildman–Crippen LogP) is 2.46. The number of hydrogen-bond acceptors (Lipinski definition) is 4. The number of hydrogen-bond donors (Lipinski definition) is 0. The van der Waals surface area contributed by atoms with Gasteiger partial charge in [0.25, 0.3) is 0 Å². The SMILES string of the molecule is COc1cccc(CC(=O)N2CCCn3cnc(CN4CCCC4)c3C2)c1. The molecule has 3 heterocycles. The van der Waals surface area contributed by atoms with E-state index in [1.165, 1.54) is 18.5 Å². The van der Waals surface area contributed by atoms with E-state index in [-0.39, 0.29) is 5.91 Å². The normalized spacial score (nSPS) is 17.6. The van der Waals surface area contributed by atoms with Crippen LogP contribution in [0.4, 0.5) is 0 Å². The number of aromatic nitrogens is 2. The first kappa shape index (κ1) is 18.0.